The summed E-state index contributed by atoms with van der Waals surface area (Å²) in [5.74, 6) is 0.479. The average molecular weight is 407 g/mol. The van der Waals surface area contributed by atoms with Gasteiger partial charge < -0.3 is 15.5 Å². The van der Waals surface area contributed by atoms with Crippen molar-refractivity contribution in [1.29, 1.82) is 0 Å². The molecule has 0 bridgehead atoms. The van der Waals surface area contributed by atoms with E-state index in [2.05, 4.69) is 48.2 Å². The maximum atomic E-state index is 11.9. The number of non-ortho nitro benzene ring substituents is 1. The van der Waals surface area contributed by atoms with Crippen LogP contribution in [0.5, 0.6) is 0 Å². The molecule has 29 heavy (non-hydrogen) atoms. The third-order valence-electron chi connectivity index (χ3n) is 4.46. The number of likely N-dealkylation sites (N-methyl/N-ethyl adjacent to an activating group) is 1. The van der Waals surface area contributed by atoms with Crippen LogP contribution in [0.4, 0.5) is 5.69 Å². The van der Waals surface area contributed by atoms with E-state index in [1.807, 2.05) is 0 Å². The van der Waals surface area contributed by atoms with E-state index < -0.39 is 4.92 Å². The lowest BCUT2D eigenvalue weighted by Crippen LogP contribution is -2.47. The Balaban J connectivity index is 2.76. The molecular formula is C20H34N6O3. The fourth-order valence-corrected chi connectivity index (χ4v) is 2.80. The fourth-order valence-electron chi connectivity index (χ4n) is 2.80. The van der Waals surface area contributed by atoms with Gasteiger partial charge in [0.05, 0.1) is 18.0 Å². The van der Waals surface area contributed by atoms with Crippen molar-refractivity contribution in [3.8, 4) is 0 Å². The molecule has 0 spiro atoms. The Morgan fingerprint density at radius 1 is 1.10 bits per heavy atom. The first-order valence-corrected chi connectivity index (χ1v) is 9.83. The summed E-state index contributed by atoms with van der Waals surface area (Å²) in [7, 11) is 3.41. The Labute approximate surface area is 173 Å². The number of hydrogen-bond acceptors (Lipinski definition) is 5. The largest absolute Gasteiger partial charge is 0.355 e. The van der Waals surface area contributed by atoms with Gasteiger partial charge in [-0.15, -0.1) is 0 Å². The van der Waals surface area contributed by atoms with Gasteiger partial charge in [0.2, 0.25) is 5.91 Å². The summed E-state index contributed by atoms with van der Waals surface area (Å²) < 4.78 is 0. The van der Waals surface area contributed by atoms with Crippen molar-refractivity contribution in [2.24, 2.45) is 4.99 Å². The molecule has 0 radical (unpaired) electrons. The Hall–Kier alpha value is -2.68. The van der Waals surface area contributed by atoms with E-state index in [4.69, 9.17) is 0 Å². The normalized spacial score (nSPS) is 11.8. The SMILES string of the molecule is CC(C)N(CCNC(=NCc1ccc([N+](=O)[O-])cc1)NCC(=O)N(C)C)C(C)C. The van der Waals surface area contributed by atoms with E-state index in [1.54, 1.807) is 26.2 Å². The minimum atomic E-state index is -0.427. The first kappa shape index (κ1) is 24.4. The Morgan fingerprint density at radius 3 is 2.17 bits per heavy atom. The maximum Gasteiger partial charge on any atom is 0.269 e. The van der Waals surface area contributed by atoms with E-state index in [1.165, 1.54) is 17.0 Å². The van der Waals surface area contributed by atoms with Crippen molar-refractivity contribution >= 4 is 17.6 Å². The molecule has 9 heteroatoms. The summed E-state index contributed by atoms with van der Waals surface area (Å²) in [6.45, 7) is 10.7. The Kier molecular flexibility index (Phi) is 10.1. The number of carbonyl (C=O) groups excluding carboxylic acids is 1. The molecule has 0 aliphatic heterocycles. The lowest BCUT2D eigenvalue weighted by Gasteiger charge is -2.30. The molecule has 162 valence electrons. The minimum absolute atomic E-state index is 0.0493. The first-order chi connectivity index (χ1) is 13.6. The van der Waals surface area contributed by atoms with Gasteiger partial charge in [-0.25, -0.2) is 4.99 Å². The van der Waals surface area contributed by atoms with Crippen LogP contribution >= 0.6 is 0 Å². The molecule has 1 aromatic rings. The zero-order valence-electron chi connectivity index (χ0n) is 18.3. The van der Waals surface area contributed by atoms with Crippen LogP contribution in [-0.4, -0.2) is 72.4 Å². The minimum Gasteiger partial charge on any atom is -0.355 e. The molecular weight excluding hydrogens is 372 g/mol. The molecule has 1 amide bonds. The molecule has 0 aliphatic rings. The van der Waals surface area contributed by atoms with Crippen LogP contribution in [0.15, 0.2) is 29.3 Å². The number of amides is 1. The van der Waals surface area contributed by atoms with Gasteiger partial charge in [0, 0.05) is 51.4 Å². The number of nitro groups is 1. The van der Waals surface area contributed by atoms with E-state index >= 15 is 0 Å². The molecule has 0 saturated heterocycles. The van der Waals surface area contributed by atoms with Crippen LogP contribution in [0, 0.1) is 10.1 Å². The van der Waals surface area contributed by atoms with Crippen LogP contribution in [0.2, 0.25) is 0 Å². The number of nitrogens with one attached hydrogen (secondary N) is 2. The van der Waals surface area contributed by atoms with E-state index in [0.717, 1.165) is 12.1 Å². The third kappa shape index (κ3) is 8.91. The number of aliphatic imine (C=N–C) groups is 1. The molecule has 2 N–H and O–H groups in total. The lowest BCUT2D eigenvalue weighted by atomic mass is 10.2. The summed E-state index contributed by atoms with van der Waals surface area (Å²) in [6, 6.07) is 7.16. The van der Waals surface area contributed by atoms with Gasteiger partial charge in [-0.3, -0.25) is 19.8 Å². The standard InChI is InChI=1S/C20H34N6O3/c1-15(2)25(16(3)4)12-11-21-20(23-14-19(27)24(5)6)22-13-17-7-9-18(10-8-17)26(28)29/h7-10,15-16H,11-14H2,1-6H3,(H2,21,22,23). The zero-order chi connectivity index (χ0) is 22.0. The molecule has 9 nitrogen and oxygen atoms in total. The third-order valence-corrected chi connectivity index (χ3v) is 4.46. The van der Waals surface area contributed by atoms with Gasteiger partial charge in [-0.2, -0.15) is 0 Å². The smallest absolute Gasteiger partial charge is 0.269 e. The van der Waals surface area contributed by atoms with E-state index in [9.17, 15) is 14.9 Å². The summed E-state index contributed by atoms with van der Waals surface area (Å²) in [5, 5.41) is 17.1. The first-order valence-electron chi connectivity index (χ1n) is 9.83. The second kappa shape index (κ2) is 12.0. The summed E-state index contributed by atoms with van der Waals surface area (Å²) >= 11 is 0. The van der Waals surface area contributed by atoms with Crippen LogP contribution in [0.25, 0.3) is 0 Å². The second-order valence-electron chi connectivity index (χ2n) is 7.58. The molecule has 0 atom stereocenters. The predicted octanol–water partition coefficient (Wildman–Crippen LogP) is 1.84. The number of carbonyl (C=O) groups is 1. The van der Waals surface area contributed by atoms with Crippen molar-refractivity contribution in [3.63, 3.8) is 0 Å². The highest BCUT2D eigenvalue weighted by Gasteiger charge is 2.13. The summed E-state index contributed by atoms with van der Waals surface area (Å²) in [5.41, 5.74) is 0.898. The number of nitrogens with zero attached hydrogens (tertiary/aromatic N) is 4. The highest BCUT2D eigenvalue weighted by Crippen LogP contribution is 2.12. The van der Waals surface area contributed by atoms with Crippen molar-refractivity contribution in [2.45, 2.75) is 46.3 Å². The van der Waals surface area contributed by atoms with Crippen molar-refractivity contribution < 1.29 is 9.72 Å². The topological polar surface area (TPSA) is 103 Å². The Bertz CT molecular complexity index is 678. The van der Waals surface area contributed by atoms with Crippen molar-refractivity contribution in [3.05, 3.63) is 39.9 Å². The maximum absolute atomic E-state index is 11.9. The van der Waals surface area contributed by atoms with E-state index in [0.29, 0.717) is 31.1 Å². The molecule has 1 aromatic carbocycles. The summed E-state index contributed by atoms with van der Waals surface area (Å²) in [6.07, 6.45) is 0. The highest BCUT2D eigenvalue weighted by molar-refractivity contribution is 5.86. The van der Waals surface area contributed by atoms with Crippen LogP contribution in [0.3, 0.4) is 0 Å². The highest BCUT2D eigenvalue weighted by atomic mass is 16.6. The monoisotopic (exact) mass is 406 g/mol. The quantitative estimate of drug-likeness (QED) is 0.266. The van der Waals surface area contributed by atoms with Crippen molar-refractivity contribution in [1.82, 2.24) is 20.4 Å². The van der Waals surface area contributed by atoms with Crippen molar-refractivity contribution in [2.75, 3.05) is 33.7 Å². The molecule has 1 rings (SSSR count). The van der Waals surface area contributed by atoms with Gasteiger partial charge in [0.25, 0.3) is 5.69 Å². The lowest BCUT2D eigenvalue weighted by molar-refractivity contribution is -0.384. The number of nitro benzene ring substituents is 1. The molecule has 0 unspecified atom stereocenters. The molecule has 0 aliphatic carbocycles. The van der Waals surface area contributed by atoms with Gasteiger partial charge in [0.15, 0.2) is 5.96 Å². The average Bonchev–Trinajstić information content (AvgIpc) is 2.65. The summed E-state index contributed by atoms with van der Waals surface area (Å²) in [4.78, 5) is 30.6. The second-order valence-corrected chi connectivity index (χ2v) is 7.58. The van der Waals surface area contributed by atoms with Crippen LogP contribution < -0.4 is 10.6 Å². The van der Waals surface area contributed by atoms with Gasteiger partial charge >= 0.3 is 0 Å². The molecule has 0 fully saturated rings. The van der Waals surface area contributed by atoms with Gasteiger partial charge in [-0.1, -0.05) is 12.1 Å². The number of hydrogen-bond donors (Lipinski definition) is 2. The number of rotatable bonds is 10. The Morgan fingerprint density at radius 2 is 1.69 bits per heavy atom. The predicted molar refractivity (Wildman–Crippen MR) is 116 cm³/mol. The van der Waals surface area contributed by atoms with E-state index in [-0.39, 0.29) is 18.1 Å². The molecule has 0 heterocycles. The van der Waals surface area contributed by atoms with Crippen LogP contribution in [0.1, 0.15) is 33.3 Å². The van der Waals surface area contributed by atoms with Crippen LogP contribution in [-0.2, 0) is 11.3 Å². The molecule has 0 aromatic heterocycles. The zero-order valence-corrected chi connectivity index (χ0v) is 18.3. The number of benzene rings is 1. The molecule has 0 saturated carbocycles. The fraction of sp³-hybridized carbons (Fsp3) is 0.600. The number of guanidine groups is 1. The van der Waals surface area contributed by atoms with Gasteiger partial charge in [0.1, 0.15) is 0 Å². The van der Waals surface area contributed by atoms with Gasteiger partial charge in [-0.05, 0) is 33.3 Å².